The van der Waals surface area contributed by atoms with Crippen LogP contribution in [-0.2, 0) is 20.0 Å². The Morgan fingerprint density at radius 3 is 2.59 bits per heavy atom. The molecule has 94 valence electrons. The molecule has 2 rings (SSSR count). The maximum atomic E-state index is 12.0. The van der Waals surface area contributed by atoms with Gasteiger partial charge in [0.15, 0.2) is 9.84 Å². The first kappa shape index (κ1) is 12.6. The van der Waals surface area contributed by atoms with Crippen LogP contribution in [0.4, 0.5) is 0 Å². The highest BCUT2D eigenvalue weighted by Gasteiger charge is 2.40. The van der Waals surface area contributed by atoms with Gasteiger partial charge in [0.2, 0.25) is 0 Å². The largest absolute Gasteiger partial charge is 0.377 e. The Hall–Kier alpha value is -0.870. The molecule has 0 radical (unpaired) electrons. The lowest BCUT2D eigenvalue weighted by atomic mass is 9.86. The Kier molecular flexibility index (Phi) is 2.83. The van der Waals surface area contributed by atoms with Gasteiger partial charge in [-0.05, 0) is 24.1 Å². The number of rotatable bonds is 2. The third-order valence-electron chi connectivity index (χ3n) is 3.44. The van der Waals surface area contributed by atoms with Crippen molar-refractivity contribution < 1.29 is 13.2 Å². The monoisotopic (exact) mass is 254 g/mol. The second kappa shape index (κ2) is 3.82. The molecule has 4 heteroatoms. The van der Waals surface area contributed by atoms with Crippen molar-refractivity contribution in [3.8, 4) is 0 Å². The lowest BCUT2D eigenvalue weighted by Gasteiger charge is -2.19. The number of fused-ring (bicyclic) bond motifs is 1. The summed E-state index contributed by atoms with van der Waals surface area (Å²) in [7, 11) is -1.45. The Morgan fingerprint density at radius 1 is 1.35 bits per heavy atom. The molecular formula is C13H18O3S. The van der Waals surface area contributed by atoms with Gasteiger partial charge in [-0.3, -0.25) is 0 Å². The predicted octanol–water partition coefficient (Wildman–Crippen LogP) is 2.46. The number of methoxy groups -OCH3 is 1. The highest BCUT2D eigenvalue weighted by atomic mass is 32.2. The van der Waals surface area contributed by atoms with E-state index < -0.39 is 9.84 Å². The molecule has 1 atom stereocenters. The van der Waals surface area contributed by atoms with E-state index >= 15 is 0 Å². The van der Waals surface area contributed by atoms with Crippen LogP contribution in [0.2, 0.25) is 0 Å². The van der Waals surface area contributed by atoms with E-state index in [-0.39, 0.29) is 17.3 Å². The molecular weight excluding hydrogens is 236 g/mol. The van der Waals surface area contributed by atoms with E-state index in [2.05, 4.69) is 0 Å². The van der Waals surface area contributed by atoms with Crippen molar-refractivity contribution in [2.45, 2.75) is 37.2 Å². The lowest BCUT2D eigenvalue weighted by molar-refractivity contribution is 0.119. The minimum Gasteiger partial charge on any atom is -0.377 e. The summed E-state index contributed by atoms with van der Waals surface area (Å²) in [5.74, 6) is 0.195. The van der Waals surface area contributed by atoms with Crippen LogP contribution in [-0.4, -0.2) is 21.3 Å². The molecule has 0 saturated heterocycles. The zero-order valence-electron chi connectivity index (χ0n) is 10.6. The summed E-state index contributed by atoms with van der Waals surface area (Å²) in [6.07, 6.45) is -0.0144. The van der Waals surface area contributed by atoms with E-state index in [1.165, 1.54) is 0 Å². The van der Waals surface area contributed by atoms with Crippen molar-refractivity contribution in [2.75, 3.05) is 12.9 Å². The summed E-state index contributed by atoms with van der Waals surface area (Å²) in [6, 6.07) is 5.52. The molecule has 0 amide bonds. The number of sulfone groups is 1. The third-order valence-corrected chi connectivity index (χ3v) is 5.57. The normalized spacial score (nSPS) is 22.1. The summed E-state index contributed by atoms with van der Waals surface area (Å²) in [5.41, 5.74) is 1.63. The predicted molar refractivity (Wildman–Crippen MR) is 66.9 cm³/mol. The first-order valence-corrected chi connectivity index (χ1v) is 7.33. The second-order valence-corrected chi connectivity index (χ2v) is 7.23. The fraction of sp³-hybridized carbons (Fsp3) is 0.538. The van der Waals surface area contributed by atoms with Crippen LogP contribution < -0.4 is 0 Å². The topological polar surface area (TPSA) is 43.4 Å². The van der Waals surface area contributed by atoms with Crippen molar-refractivity contribution in [1.82, 2.24) is 0 Å². The zero-order chi connectivity index (χ0) is 12.8. The summed E-state index contributed by atoms with van der Waals surface area (Å²) in [5, 5.41) is 0. The van der Waals surface area contributed by atoms with Crippen LogP contribution in [0.15, 0.2) is 23.1 Å². The number of hydrogen-bond acceptors (Lipinski definition) is 3. The van der Waals surface area contributed by atoms with Crippen LogP contribution in [0.1, 0.15) is 38.0 Å². The molecule has 0 aromatic heterocycles. The number of ether oxygens (including phenoxy) is 1. The average Bonchev–Trinajstić information content (AvgIpc) is 2.43. The molecule has 0 aliphatic carbocycles. The fourth-order valence-electron chi connectivity index (χ4n) is 2.37. The number of hydrogen-bond donors (Lipinski definition) is 0. The van der Waals surface area contributed by atoms with Gasteiger partial charge >= 0.3 is 0 Å². The van der Waals surface area contributed by atoms with Gasteiger partial charge in [0.05, 0.1) is 16.8 Å². The first-order valence-electron chi connectivity index (χ1n) is 5.68. The maximum absolute atomic E-state index is 12.0. The third kappa shape index (κ3) is 2.00. The molecule has 17 heavy (non-hydrogen) atoms. The summed E-state index contributed by atoms with van der Waals surface area (Å²) in [6.45, 7) is 5.90. The summed E-state index contributed by atoms with van der Waals surface area (Å²) in [4.78, 5) is 0.481. The van der Waals surface area contributed by atoms with Crippen LogP contribution in [0.5, 0.6) is 0 Å². The molecule has 0 bridgehead atoms. The van der Waals surface area contributed by atoms with E-state index in [9.17, 15) is 8.42 Å². The Morgan fingerprint density at radius 2 is 2.00 bits per heavy atom. The molecule has 1 unspecified atom stereocenters. The standard InChI is InChI=1S/C13H18O3S/c1-9(16-4)10-5-6-12-11(7-10)13(2,3)8-17(12,14)15/h5-7,9H,8H2,1-4H3. The highest BCUT2D eigenvalue weighted by molar-refractivity contribution is 7.91. The first-order chi connectivity index (χ1) is 7.78. The molecule has 0 saturated carbocycles. The van der Waals surface area contributed by atoms with E-state index in [1.54, 1.807) is 13.2 Å². The quantitative estimate of drug-likeness (QED) is 0.814. The molecule has 1 aromatic carbocycles. The Bertz CT molecular complexity index is 544. The fourth-order valence-corrected chi connectivity index (χ4v) is 4.57. The maximum Gasteiger partial charge on any atom is 0.179 e. The van der Waals surface area contributed by atoms with E-state index in [1.807, 2.05) is 32.9 Å². The van der Waals surface area contributed by atoms with Gasteiger partial charge in [-0.2, -0.15) is 0 Å². The minimum atomic E-state index is -3.10. The van der Waals surface area contributed by atoms with E-state index in [4.69, 9.17) is 4.74 Å². The van der Waals surface area contributed by atoms with E-state index in [0.717, 1.165) is 11.1 Å². The molecule has 0 N–H and O–H groups in total. The Labute approximate surface area is 103 Å². The summed E-state index contributed by atoms with van der Waals surface area (Å²) >= 11 is 0. The van der Waals surface area contributed by atoms with Crippen LogP contribution in [0.25, 0.3) is 0 Å². The molecule has 1 aliphatic rings. The van der Waals surface area contributed by atoms with Gasteiger partial charge in [0.25, 0.3) is 0 Å². The lowest BCUT2D eigenvalue weighted by Crippen LogP contribution is -2.19. The van der Waals surface area contributed by atoms with Crippen molar-refractivity contribution in [1.29, 1.82) is 0 Å². The molecule has 0 fully saturated rings. The minimum absolute atomic E-state index is 0.0144. The molecule has 0 spiro atoms. The van der Waals surface area contributed by atoms with Gasteiger partial charge in [-0.15, -0.1) is 0 Å². The van der Waals surface area contributed by atoms with Crippen LogP contribution in [0, 0.1) is 0 Å². The second-order valence-electron chi connectivity index (χ2n) is 5.28. The van der Waals surface area contributed by atoms with Crippen molar-refractivity contribution in [3.63, 3.8) is 0 Å². The van der Waals surface area contributed by atoms with Crippen molar-refractivity contribution in [3.05, 3.63) is 29.3 Å². The smallest absolute Gasteiger partial charge is 0.179 e. The van der Waals surface area contributed by atoms with Gasteiger partial charge < -0.3 is 4.74 Å². The van der Waals surface area contributed by atoms with Gasteiger partial charge in [0.1, 0.15) is 0 Å². The van der Waals surface area contributed by atoms with Crippen molar-refractivity contribution >= 4 is 9.84 Å². The highest BCUT2D eigenvalue weighted by Crippen LogP contribution is 2.40. The Balaban J connectivity index is 2.61. The molecule has 1 aromatic rings. The average molecular weight is 254 g/mol. The van der Waals surface area contributed by atoms with Gasteiger partial charge in [0, 0.05) is 12.5 Å². The van der Waals surface area contributed by atoms with Crippen LogP contribution in [0.3, 0.4) is 0 Å². The van der Waals surface area contributed by atoms with Crippen molar-refractivity contribution in [2.24, 2.45) is 0 Å². The number of benzene rings is 1. The molecule has 3 nitrogen and oxygen atoms in total. The van der Waals surface area contributed by atoms with E-state index in [0.29, 0.717) is 4.90 Å². The zero-order valence-corrected chi connectivity index (χ0v) is 11.5. The van der Waals surface area contributed by atoms with Gasteiger partial charge in [-0.25, -0.2) is 8.42 Å². The molecule has 1 aliphatic heterocycles. The summed E-state index contributed by atoms with van der Waals surface area (Å²) < 4.78 is 29.2. The van der Waals surface area contributed by atoms with Gasteiger partial charge in [-0.1, -0.05) is 26.0 Å². The SMILES string of the molecule is COC(C)c1ccc2c(c1)C(C)(C)CS2(=O)=O. The molecule has 1 heterocycles. The van der Waals surface area contributed by atoms with Crippen LogP contribution >= 0.6 is 0 Å².